The predicted molar refractivity (Wildman–Crippen MR) is 85.9 cm³/mol. The molecule has 0 radical (unpaired) electrons. The highest BCUT2D eigenvalue weighted by molar-refractivity contribution is 5.73. The van der Waals surface area contributed by atoms with Crippen molar-refractivity contribution in [2.45, 2.75) is 66.2 Å². The molecule has 0 N–H and O–H groups in total. The van der Waals surface area contributed by atoms with Crippen molar-refractivity contribution in [2.75, 3.05) is 32.7 Å². The summed E-state index contributed by atoms with van der Waals surface area (Å²) in [6, 6.07) is 0. The standard InChI is InChI=1S/C15H28N2O.C2H6/c1-3-4-9-16-10-5-15(6-11-16)7-12-17(13-8-15)14(2)18;1-2/h3-13H2,1-2H3;1-2H3. The van der Waals surface area contributed by atoms with Crippen molar-refractivity contribution < 1.29 is 4.79 Å². The summed E-state index contributed by atoms with van der Waals surface area (Å²) in [4.78, 5) is 16.0. The van der Waals surface area contributed by atoms with Gasteiger partial charge in [-0.25, -0.2) is 0 Å². The fourth-order valence-electron chi connectivity index (χ4n) is 3.43. The summed E-state index contributed by atoms with van der Waals surface area (Å²) in [5, 5.41) is 0. The molecule has 2 heterocycles. The van der Waals surface area contributed by atoms with Gasteiger partial charge in [0.15, 0.2) is 0 Å². The maximum Gasteiger partial charge on any atom is 0.219 e. The molecule has 2 aliphatic heterocycles. The van der Waals surface area contributed by atoms with Gasteiger partial charge in [0.2, 0.25) is 5.91 Å². The summed E-state index contributed by atoms with van der Waals surface area (Å²) in [5.74, 6) is 0.255. The van der Waals surface area contributed by atoms with Gasteiger partial charge in [0.05, 0.1) is 0 Å². The number of carbonyl (C=O) groups excluding carboxylic acids is 1. The Kier molecular flexibility index (Phi) is 7.57. The average Bonchev–Trinajstić information content (AvgIpc) is 2.49. The Morgan fingerprint density at radius 1 is 1.00 bits per heavy atom. The van der Waals surface area contributed by atoms with Crippen LogP contribution in [-0.2, 0) is 4.79 Å². The second kappa shape index (κ2) is 8.66. The zero-order valence-corrected chi connectivity index (χ0v) is 14.1. The van der Waals surface area contributed by atoms with Gasteiger partial charge in [-0.3, -0.25) is 4.79 Å². The first-order chi connectivity index (χ1) is 9.65. The molecule has 3 heteroatoms. The molecule has 0 aliphatic carbocycles. The first kappa shape index (κ1) is 17.5. The number of likely N-dealkylation sites (tertiary alicyclic amines) is 2. The molecular formula is C17H34N2O. The Morgan fingerprint density at radius 3 is 1.95 bits per heavy atom. The van der Waals surface area contributed by atoms with E-state index in [0.29, 0.717) is 5.41 Å². The molecule has 118 valence electrons. The van der Waals surface area contributed by atoms with Crippen LogP contribution in [0.4, 0.5) is 0 Å². The van der Waals surface area contributed by atoms with E-state index in [1.807, 2.05) is 18.7 Å². The van der Waals surface area contributed by atoms with E-state index >= 15 is 0 Å². The molecule has 2 rings (SSSR count). The number of carbonyl (C=O) groups is 1. The fraction of sp³-hybridized carbons (Fsp3) is 0.941. The van der Waals surface area contributed by atoms with E-state index in [4.69, 9.17) is 0 Å². The monoisotopic (exact) mass is 282 g/mol. The number of hydrogen-bond donors (Lipinski definition) is 0. The minimum Gasteiger partial charge on any atom is -0.343 e. The van der Waals surface area contributed by atoms with Crippen molar-refractivity contribution >= 4 is 5.91 Å². The Morgan fingerprint density at radius 2 is 1.50 bits per heavy atom. The van der Waals surface area contributed by atoms with Crippen molar-refractivity contribution in [3.63, 3.8) is 0 Å². The van der Waals surface area contributed by atoms with Gasteiger partial charge in [0.25, 0.3) is 0 Å². The van der Waals surface area contributed by atoms with E-state index in [1.54, 1.807) is 6.92 Å². The van der Waals surface area contributed by atoms with E-state index in [2.05, 4.69) is 11.8 Å². The molecule has 2 aliphatic rings. The normalized spacial score (nSPS) is 22.3. The lowest BCUT2D eigenvalue weighted by Crippen LogP contribution is -2.47. The number of unbranched alkanes of at least 4 members (excludes halogenated alkanes) is 1. The maximum atomic E-state index is 11.4. The highest BCUT2D eigenvalue weighted by Gasteiger charge is 2.37. The molecule has 3 nitrogen and oxygen atoms in total. The molecule has 0 aromatic rings. The number of rotatable bonds is 3. The molecule has 0 aromatic heterocycles. The SMILES string of the molecule is CC.CCCCN1CCC2(CC1)CCN(C(C)=O)CC2. The van der Waals surface area contributed by atoms with Gasteiger partial charge in [-0.1, -0.05) is 27.2 Å². The number of piperidine rings is 2. The zero-order valence-electron chi connectivity index (χ0n) is 14.1. The summed E-state index contributed by atoms with van der Waals surface area (Å²) in [6.07, 6.45) is 7.80. The third-order valence-corrected chi connectivity index (χ3v) is 5.01. The lowest BCUT2D eigenvalue weighted by Gasteiger charge is -2.46. The van der Waals surface area contributed by atoms with Crippen LogP contribution in [0.25, 0.3) is 0 Å². The Labute approximate surface area is 125 Å². The van der Waals surface area contributed by atoms with Crippen LogP contribution in [-0.4, -0.2) is 48.4 Å². The Hall–Kier alpha value is -0.570. The van der Waals surface area contributed by atoms with Gasteiger partial charge in [-0.2, -0.15) is 0 Å². The summed E-state index contributed by atoms with van der Waals surface area (Å²) >= 11 is 0. The predicted octanol–water partition coefficient (Wildman–Crippen LogP) is 3.54. The highest BCUT2D eigenvalue weighted by atomic mass is 16.2. The number of nitrogens with zero attached hydrogens (tertiary/aromatic N) is 2. The van der Waals surface area contributed by atoms with E-state index in [0.717, 1.165) is 13.1 Å². The third kappa shape index (κ3) is 4.76. The third-order valence-electron chi connectivity index (χ3n) is 5.01. The molecule has 1 spiro atoms. The molecule has 0 unspecified atom stereocenters. The van der Waals surface area contributed by atoms with Crippen molar-refractivity contribution in [3.8, 4) is 0 Å². The van der Waals surface area contributed by atoms with Gasteiger partial charge in [0.1, 0.15) is 0 Å². The molecule has 0 saturated carbocycles. The van der Waals surface area contributed by atoms with Crippen LogP contribution >= 0.6 is 0 Å². The van der Waals surface area contributed by atoms with Crippen molar-refractivity contribution in [1.82, 2.24) is 9.80 Å². The quantitative estimate of drug-likeness (QED) is 0.790. The van der Waals surface area contributed by atoms with Crippen LogP contribution < -0.4 is 0 Å². The first-order valence-electron chi connectivity index (χ1n) is 8.63. The molecule has 2 fully saturated rings. The topological polar surface area (TPSA) is 23.6 Å². The first-order valence-corrected chi connectivity index (χ1v) is 8.63. The average molecular weight is 282 g/mol. The van der Waals surface area contributed by atoms with Crippen LogP contribution in [0.1, 0.15) is 66.2 Å². The molecular weight excluding hydrogens is 248 g/mol. The van der Waals surface area contributed by atoms with Crippen LogP contribution in [0.15, 0.2) is 0 Å². The van der Waals surface area contributed by atoms with E-state index in [1.165, 1.54) is 58.2 Å². The second-order valence-electron chi connectivity index (χ2n) is 6.20. The molecule has 1 amide bonds. The largest absolute Gasteiger partial charge is 0.343 e. The number of hydrogen-bond acceptors (Lipinski definition) is 2. The van der Waals surface area contributed by atoms with E-state index in [-0.39, 0.29) is 5.91 Å². The van der Waals surface area contributed by atoms with Gasteiger partial charge >= 0.3 is 0 Å². The molecule has 2 saturated heterocycles. The molecule has 0 atom stereocenters. The minimum atomic E-state index is 0.255. The summed E-state index contributed by atoms with van der Waals surface area (Å²) in [6.45, 7) is 13.8. The molecule has 0 bridgehead atoms. The summed E-state index contributed by atoms with van der Waals surface area (Å²) < 4.78 is 0. The zero-order chi connectivity index (χ0) is 15.0. The van der Waals surface area contributed by atoms with Gasteiger partial charge < -0.3 is 9.80 Å². The van der Waals surface area contributed by atoms with E-state index in [9.17, 15) is 4.79 Å². The Bertz CT molecular complexity index is 273. The van der Waals surface area contributed by atoms with Crippen LogP contribution in [0.3, 0.4) is 0 Å². The molecule has 0 aromatic carbocycles. The lowest BCUT2D eigenvalue weighted by molar-refractivity contribution is -0.131. The minimum absolute atomic E-state index is 0.255. The summed E-state index contributed by atoms with van der Waals surface area (Å²) in [7, 11) is 0. The smallest absolute Gasteiger partial charge is 0.219 e. The lowest BCUT2D eigenvalue weighted by atomic mass is 9.71. The van der Waals surface area contributed by atoms with Gasteiger partial charge in [-0.05, 0) is 57.2 Å². The maximum absolute atomic E-state index is 11.4. The molecule has 20 heavy (non-hydrogen) atoms. The van der Waals surface area contributed by atoms with Gasteiger partial charge in [0, 0.05) is 20.0 Å². The second-order valence-corrected chi connectivity index (χ2v) is 6.20. The van der Waals surface area contributed by atoms with Crippen molar-refractivity contribution in [1.29, 1.82) is 0 Å². The Balaban J connectivity index is 0.000000956. The van der Waals surface area contributed by atoms with Crippen molar-refractivity contribution in [3.05, 3.63) is 0 Å². The summed E-state index contributed by atoms with van der Waals surface area (Å²) in [5.41, 5.74) is 0.564. The number of amides is 1. The van der Waals surface area contributed by atoms with Crippen molar-refractivity contribution in [2.24, 2.45) is 5.41 Å². The highest BCUT2D eigenvalue weighted by Crippen LogP contribution is 2.41. The van der Waals surface area contributed by atoms with Gasteiger partial charge in [-0.15, -0.1) is 0 Å². The fourth-order valence-corrected chi connectivity index (χ4v) is 3.43. The van der Waals surface area contributed by atoms with Crippen LogP contribution in [0.5, 0.6) is 0 Å². The van der Waals surface area contributed by atoms with Crippen LogP contribution in [0.2, 0.25) is 0 Å². The van der Waals surface area contributed by atoms with Crippen LogP contribution in [0, 0.1) is 5.41 Å². The van der Waals surface area contributed by atoms with E-state index < -0.39 is 0 Å².